The Morgan fingerprint density at radius 1 is 1.15 bits per heavy atom. The zero-order valence-corrected chi connectivity index (χ0v) is 17.9. The molecule has 33 heavy (non-hydrogen) atoms. The number of hydrogen-bond donors (Lipinski definition) is 2. The number of nitrogens with zero attached hydrogens (tertiary/aromatic N) is 3. The molecule has 164 valence electrons. The quantitative estimate of drug-likeness (QED) is 0.483. The van der Waals surface area contributed by atoms with Crippen LogP contribution in [0.3, 0.4) is 0 Å². The van der Waals surface area contributed by atoms with Crippen molar-refractivity contribution in [3.63, 3.8) is 0 Å². The van der Waals surface area contributed by atoms with E-state index in [4.69, 9.17) is 9.26 Å². The number of ether oxygens (including phenoxy) is 1. The zero-order chi connectivity index (χ0) is 22.9. The maximum atomic E-state index is 13.1. The monoisotopic (exact) mass is 441 g/mol. The third-order valence-corrected chi connectivity index (χ3v) is 5.31. The lowest BCUT2D eigenvalue weighted by Gasteiger charge is -2.11. The van der Waals surface area contributed by atoms with Crippen molar-refractivity contribution < 1.29 is 18.8 Å². The highest BCUT2D eigenvalue weighted by Gasteiger charge is 2.23. The normalized spacial score (nSPS) is 12.2. The van der Waals surface area contributed by atoms with E-state index in [1.165, 1.54) is 7.11 Å². The van der Waals surface area contributed by atoms with E-state index >= 15 is 0 Å². The average Bonchev–Trinajstić information content (AvgIpc) is 3.40. The van der Waals surface area contributed by atoms with Gasteiger partial charge in [0.05, 0.1) is 19.2 Å². The lowest BCUT2D eigenvalue weighted by atomic mass is 10.1. The molecule has 1 aliphatic rings. The Morgan fingerprint density at radius 3 is 2.76 bits per heavy atom. The van der Waals surface area contributed by atoms with E-state index in [9.17, 15) is 9.59 Å². The second-order valence-electron chi connectivity index (χ2n) is 7.49. The van der Waals surface area contributed by atoms with Gasteiger partial charge in [0.1, 0.15) is 28.5 Å². The first-order valence-electron chi connectivity index (χ1n) is 10.2. The first-order chi connectivity index (χ1) is 16.0. The highest BCUT2D eigenvalue weighted by molar-refractivity contribution is 6.09. The molecule has 1 aliphatic heterocycles. The summed E-state index contributed by atoms with van der Waals surface area (Å²) in [7, 11) is 1.48. The van der Waals surface area contributed by atoms with E-state index in [0.29, 0.717) is 34.2 Å². The van der Waals surface area contributed by atoms with E-state index in [0.717, 1.165) is 16.7 Å². The van der Waals surface area contributed by atoms with Crippen LogP contribution in [0, 0.1) is 6.92 Å². The van der Waals surface area contributed by atoms with Crippen molar-refractivity contribution >= 4 is 23.3 Å². The highest BCUT2D eigenvalue weighted by atomic mass is 16.5. The molecule has 0 bridgehead atoms. The first kappa shape index (κ1) is 20.4. The first-order valence-corrected chi connectivity index (χ1v) is 10.2. The number of hydrogen-bond acceptors (Lipinski definition) is 7. The number of pyridine rings is 2. The van der Waals surface area contributed by atoms with Gasteiger partial charge in [-0.15, -0.1) is 0 Å². The summed E-state index contributed by atoms with van der Waals surface area (Å²) in [5, 5.41) is 9.61. The van der Waals surface area contributed by atoms with Gasteiger partial charge in [-0.2, -0.15) is 0 Å². The number of carbonyl (C=O) groups is 2. The highest BCUT2D eigenvalue weighted by Crippen LogP contribution is 2.31. The van der Waals surface area contributed by atoms with E-state index in [-0.39, 0.29) is 24.1 Å². The van der Waals surface area contributed by atoms with Gasteiger partial charge in [-0.25, -0.2) is 9.97 Å². The zero-order valence-electron chi connectivity index (χ0n) is 17.9. The summed E-state index contributed by atoms with van der Waals surface area (Å²) in [6, 6.07) is 14.7. The molecule has 9 heteroatoms. The number of fused-ring (bicyclic) bond motifs is 1. The number of methoxy groups -OCH3 is 1. The van der Waals surface area contributed by atoms with Crippen molar-refractivity contribution in [2.45, 2.75) is 13.3 Å². The van der Waals surface area contributed by atoms with Crippen molar-refractivity contribution in [3.05, 3.63) is 71.6 Å². The van der Waals surface area contributed by atoms with Crippen LogP contribution in [0.5, 0.6) is 5.88 Å². The van der Waals surface area contributed by atoms with Crippen LogP contribution >= 0.6 is 0 Å². The molecule has 0 radical (unpaired) electrons. The number of benzene rings is 1. The van der Waals surface area contributed by atoms with Gasteiger partial charge < -0.3 is 19.9 Å². The summed E-state index contributed by atoms with van der Waals surface area (Å²) in [6.45, 7) is 1.69. The molecule has 0 aliphatic carbocycles. The van der Waals surface area contributed by atoms with Gasteiger partial charge in [-0.1, -0.05) is 35.5 Å². The van der Waals surface area contributed by atoms with Crippen LogP contribution in [-0.4, -0.2) is 34.0 Å². The van der Waals surface area contributed by atoms with Crippen LogP contribution < -0.4 is 15.4 Å². The van der Waals surface area contributed by atoms with Crippen molar-refractivity contribution in [1.82, 2.24) is 15.1 Å². The Labute approximate surface area is 188 Å². The van der Waals surface area contributed by atoms with Crippen molar-refractivity contribution in [2.75, 3.05) is 17.7 Å². The smallest absolute Gasteiger partial charge is 0.261 e. The van der Waals surface area contributed by atoms with Crippen molar-refractivity contribution in [1.29, 1.82) is 0 Å². The molecule has 1 aromatic carbocycles. The fraction of sp³-hybridized carbons (Fsp3) is 0.125. The molecule has 0 fully saturated rings. The predicted octanol–water partition coefficient (Wildman–Crippen LogP) is 3.86. The van der Waals surface area contributed by atoms with Crippen molar-refractivity contribution in [3.8, 4) is 28.4 Å². The molecule has 4 aromatic rings. The van der Waals surface area contributed by atoms with Crippen LogP contribution in [0.15, 0.2) is 59.3 Å². The molecule has 0 unspecified atom stereocenters. The average molecular weight is 441 g/mol. The second kappa shape index (κ2) is 8.19. The second-order valence-corrected chi connectivity index (χ2v) is 7.49. The Kier molecular flexibility index (Phi) is 5.06. The Morgan fingerprint density at radius 2 is 1.97 bits per heavy atom. The molecule has 2 amide bonds. The maximum Gasteiger partial charge on any atom is 0.261 e. The SMILES string of the molecule is COc1nc(-c2cnc3c(c2)CC(=O)N3)ccc1NC(=O)c1c(-c2ccccc2)noc1C. The molecule has 5 rings (SSSR count). The minimum atomic E-state index is -0.385. The molecule has 0 saturated carbocycles. The van der Waals surface area contributed by atoms with Crippen LogP contribution in [0.1, 0.15) is 21.7 Å². The lowest BCUT2D eigenvalue weighted by Crippen LogP contribution is -2.14. The molecule has 3 aromatic heterocycles. The Hall–Kier alpha value is -4.53. The third-order valence-electron chi connectivity index (χ3n) is 5.31. The summed E-state index contributed by atoms with van der Waals surface area (Å²) in [5.74, 6) is 0.743. The summed E-state index contributed by atoms with van der Waals surface area (Å²) < 4.78 is 10.7. The number of aryl methyl sites for hydroxylation is 1. The van der Waals surface area contributed by atoms with E-state index in [1.54, 1.807) is 25.3 Å². The van der Waals surface area contributed by atoms with Crippen molar-refractivity contribution in [2.24, 2.45) is 0 Å². The maximum absolute atomic E-state index is 13.1. The largest absolute Gasteiger partial charge is 0.479 e. The van der Waals surface area contributed by atoms with Gasteiger partial charge >= 0.3 is 0 Å². The van der Waals surface area contributed by atoms with Crippen LogP contribution in [0.25, 0.3) is 22.5 Å². The molecule has 9 nitrogen and oxygen atoms in total. The van der Waals surface area contributed by atoms with Crippen LogP contribution in [0.4, 0.5) is 11.5 Å². The number of nitrogens with one attached hydrogen (secondary N) is 2. The minimum Gasteiger partial charge on any atom is -0.479 e. The van der Waals surface area contributed by atoms with E-state index < -0.39 is 0 Å². The molecule has 4 heterocycles. The van der Waals surface area contributed by atoms with Gasteiger partial charge in [0.15, 0.2) is 0 Å². The number of anilines is 2. The number of rotatable bonds is 5. The van der Waals surface area contributed by atoms with Crippen LogP contribution in [0.2, 0.25) is 0 Å². The van der Waals surface area contributed by atoms with Crippen LogP contribution in [-0.2, 0) is 11.2 Å². The Balaban J connectivity index is 1.44. The minimum absolute atomic E-state index is 0.0860. The predicted molar refractivity (Wildman–Crippen MR) is 121 cm³/mol. The molecule has 0 atom stereocenters. The number of carbonyl (C=O) groups excluding carboxylic acids is 2. The topological polar surface area (TPSA) is 119 Å². The number of aromatic nitrogens is 3. The molecule has 2 N–H and O–H groups in total. The van der Waals surface area contributed by atoms with Gasteiger partial charge in [-0.3, -0.25) is 9.59 Å². The molecule has 0 spiro atoms. The summed E-state index contributed by atoms with van der Waals surface area (Å²) in [4.78, 5) is 33.5. The molecular weight excluding hydrogens is 422 g/mol. The standard InChI is InChI=1S/C24H19N5O4/c1-13-20(21(29-33-13)14-6-4-3-5-7-14)23(31)26-18-9-8-17(27-24(18)32-2)16-10-15-11-19(30)28-22(15)25-12-16/h3-10,12H,11H2,1-2H3,(H,26,31)(H,25,28,30). The van der Waals surface area contributed by atoms with Gasteiger partial charge in [0.25, 0.3) is 5.91 Å². The summed E-state index contributed by atoms with van der Waals surface area (Å²) >= 11 is 0. The van der Waals surface area contributed by atoms with Gasteiger partial charge in [0, 0.05) is 22.9 Å². The summed E-state index contributed by atoms with van der Waals surface area (Å²) in [6.07, 6.45) is 1.92. The third kappa shape index (κ3) is 3.80. The lowest BCUT2D eigenvalue weighted by molar-refractivity contribution is -0.115. The fourth-order valence-corrected chi connectivity index (χ4v) is 3.72. The summed E-state index contributed by atoms with van der Waals surface area (Å²) in [5.41, 5.74) is 4.13. The van der Waals surface area contributed by atoms with Gasteiger partial charge in [0.2, 0.25) is 11.8 Å². The van der Waals surface area contributed by atoms with Gasteiger partial charge in [-0.05, 0) is 25.1 Å². The molecule has 0 saturated heterocycles. The van der Waals surface area contributed by atoms with E-state index in [1.807, 2.05) is 36.4 Å². The fourth-order valence-electron chi connectivity index (χ4n) is 3.72. The Bertz CT molecular complexity index is 1380. The number of amides is 2. The van der Waals surface area contributed by atoms with E-state index in [2.05, 4.69) is 25.8 Å². The molecular formula is C24H19N5O4.